The molecule has 0 spiro atoms. The standard InChI is InChI=1S/C15H24N4O3S/c1-3-23(21,22)7-6-19-8-12(15(20)17-11-4-5-11)14-13(9-19)16-10-18(14)2/h10-12H,3-9H2,1-2H3,(H,17,20)/t12-/m1/s1. The number of fused-ring (bicyclic) bond motifs is 1. The van der Waals surface area contributed by atoms with Gasteiger partial charge in [-0.1, -0.05) is 6.92 Å². The van der Waals surface area contributed by atoms with Crippen LogP contribution in [0.3, 0.4) is 0 Å². The monoisotopic (exact) mass is 340 g/mol. The molecular weight excluding hydrogens is 316 g/mol. The fraction of sp³-hybridized carbons (Fsp3) is 0.733. The summed E-state index contributed by atoms with van der Waals surface area (Å²) < 4.78 is 25.4. The SMILES string of the molecule is CCS(=O)(=O)CCN1Cc2ncn(C)c2[C@H](C(=O)NC2CC2)C1. The zero-order valence-electron chi connectivity index (χ0n) is 13.7. The molecule has 1 amide bonds. The second-order valence-corrected chi connectivity index (χ2v) is 8.97. The van der Waals surface area contributed by atoms with Crippen LogP contribution in [0.15, 0.2) is 6.33 Å². The van der Waals surface area contributed by atoms with Gasteiger partial charge in [-0.25, -0.2) is 13.4 Å². The molecule has 0 unspecified atom stereocenters. The van der Waals surface area contributed by atoms with Gasteiger partial charge in [-0.05, 0) is 12.8 Å². The van der Waals surface area contributed by atoms with E-state index in [4.69, 9.17) is 0 Å². The second kappa shape index (κ2) is 6.24. The van der Waals surface area contributed by atoms with Gasteiger partial charge in [0.25, 0.3) is 0 Å². The first-order valence-electron chi connectivity index (χ1n) is 8.13. The van der Waals surface area contributed by atoms with E-state index < -0.39 is 9.84 Å². The smallest absolute Gasteiger partial charge is 0.230 e. The summed E-state index contributed by atoms with van der Waals surface area (Å²) in [5, 5.41) is 3.06. The highest BCUT2D eigenvalue weighted by Gasteiger charge is 2.36. The highest BCUT2D eigenvalue weighted by atomic mass is 32.2. The fourth-order valence-corrected chi connectivity index (χ4v) is 3.82. The number of nitrogens with zero attached hydrogens (tertiary/aromatic N) is 3. The normalized spacial score (nSPS) is 21.9. The van der Waals surface area contributed by atoms with Gasteiger partial charge in [-0.15, -0.1) is 0 Å². The molecule has 2 aliphatic rings. The van der Waals surface area contributed by atoms with Crippen molar-refractivity contribution in [3.63, 3.8) is 0 Å². The Hall–Kier alpha value is -1.41. The Morgan fingerprint density at radius 1 is 1.43 bits per heavy atom. The molecule has 23 heavy (non-hydrogen) atoms. The molecule has 7 nitrogen and oxygen atoms in total. The van der Waals surface area contributed by atoms with Crippen LogP contribution in [-0.2, 0) is 28.2 Å². The molecule has 0 saturated heterocycles. The predicted molar refractivity (Wildman–Crippen MR) is 86.7 cm³/mol. The molecule has 1 aromatic heterocycles. The van der Waals surface area contributed by atoms with E-state index in [0.717, 1.165) is 24.2 Å². The Kier molecular flexibility index (Phi) is 4.46. The Morgan fingerprint density at radius 2 is 2.17 bits per heavy atom. The average Bonchev–Trinajstić information content (AvgIpc) is 3.26. The van der Waals surface area contributed by atoms with Crippen molar-refractivity contribution in [1.29, 1.82) is 0 Å². The van der Waals surface area contributed by atoms with Crippen LogP contribution in [0.25, 0.3) is 0 Å². The van der Waals surface area contributed by atoms with Crippen LogP contribution >= 0.6 is 0 Å². The molecule has 1 N–H and O–H groups in total. The summed E-state index contributed by atoms with van der Waals surface area (Å²) in [6.07, 6.45) is 3.83. The van der Waals surface area contributed by atoms with Crippen LogP contribution < -0.4 is 5.32 Å². The van der Waals surface area contributed by atoms with Gasteiger partial charge in [0, 0.05) is 38.5 Å². The molecule has 1 saturated carbocycles. The summed E-state index contributed by atoms with van der Waals surface area (Å²) in [7, 11) is -1.10. The minimum absolute atomic E-state index is 0.0281. The summed E-state index contributed by atoms with van der Waals surface area (Å²) in [6.45, 7) is 3.25. The third-order valence-electron chi connectivity index (χ3n) is 4.61. The number of aromatic nitrogens is 2. The molecule has 1 aliphatic heterocycles. The summed E-state index contributed by atoms with van der Waals surface area (Å²) in [6, 6.07) is 0.315. The fourth-order valence-electron chi connectivity index (χ4n) is 3.00. The third kappa shape index (κ3) is 3.74. The molecule has 128 valence electrons. The Labute approximate surface area is 137 Å². The lowest BCUT2D eigenvalue weighted by atomic mass is 9.97. The van der Waals surface area contributed by atoms with Crippen LogP contribution in [0.5, 0.6) is 0 Å². The number of hydrogen-bond donors (Lipinski definition) is 1. The molecule has 1 fully saturated rings. The number of nitrogens with one attached hydrogen (secondary N) is 1. The molecule has 1 aliphatic carbocycles. The van der Waals surface area contributed by atoms with Crippen molar-refractivity contribution in [3.8, 4) is 0 Å². The van der Waals surface area contributed by atoms with Crippen LogP contribution in [-0.4, -0.2) is 59.4 Å². The van der Waals surface area contributed by atoms with E-state index in [1.165, 1.54) is 0 Å². The molecule has 1 aromatic rings. The maximum atomic E-state index is 12.6. The van der Waals surface area contributed by atoms with Crippen molar-refractivity contribution in [1.82, 2.24) is 19.8 Å². The van der Waals surface area contributed by atoms with Crippen molar-refractivity contribution in [2.24, 2.45) is 7.05 Å². The van der Waals surface area contributed by atoms with Crippen molar-refractivity contribution >= 4 is 15.7 Å². The summed E-state index contributed by atoms with van der Waals surface area (Å²) in [5.41, 5.74) is 1.83. The molecule has 0 radical (unpaired) electrons. The zero-order valence-corrected chi connectivity index (χ0v) is 14.5. The van der Waals surface area contributed by atoms with Gasteiger partial charge >= 0.3 is 0 Å². The molecule has 0 bridgehead atoms. The van der Waals surface area contributed by atoms with Crippen LogP contribution in [0.1, 0.15) is 37.1 Å². The quantitative estimate of drug-likeness (QED) is 0.790. The number of rotatable bonds is 6. The lowest BCUT2D eigenvalue weighted by Gasteiger charge is -2.32. The van der Waals surface area contributed by atoms with E-state index in [1.54, 1.807) is 13.3 Å². The van der Waals surface area contributed by atoms with Crippen LogP contribution in [0.2, 0.25) is 0 Å². The molecule has 3 rings (SSSR count). The highest BCUT2D eigenvalue weighted by molar-refractivity contribution is 7.91. The van der Waals surface area contributed by atoms with Gasteiger partial charge in [-0.2, -0.15) is 0 Å². The number of imidazole rings is 1. The van der Waals surface area contributed by atoms with E-state index in [2.05, 4.69) is 10.3 Å². The van der Waals surface area contributed by atoms with E-state index in [1.807, 2.05) is 16.5 Å². The first-order valence-corrected chi connectivity index (χ1v) is 9.95. The first-order chi connectivity index (χ1) is 10.9. The number of sulfone groups is 1. The van der Waals surface area contributed by atoms with Gasteiger partial charge < -0.3 is 9.88 Å². The molecule has 8 heteroatoms. The number of amides is 1. The second-order valence-electron chi connectivity index (χ2n) is 6.49. The molecular formula is C15H24N4O3S. The van der Waals surface area contributed by atoms with E-state index >= 15 is 0 Å². The maximum absolute atomic E-state index is 12.6. The van der Waals surface area contributed by atoms with E-state index in [-0.39, 0.29) is 23.3 Å². The van der Waals surface area contributed by atoms with Gasteiger partial charge in [0.2, 0.25) is 5.91 Å². The van der Waals surface area contributed by atoms with Crippen molar-refractivity contribution in [2.75, 3.05) is 24.6 Å². The van der Waals surface area contributed by atoms with Gasteiger partial charge in [-0.3, -0.25) is 9.69 Å². The van der Waals surface area contributed by atoms with E-state index in [0.29, 0.717) is 25.7 Å². The summed E-state index contributed by atoms with van der Waals surface area (Å²) >= 11 is 0. The highest BCUT2D eigenvalue weighted by Crippen LogP contribution is 2.29. The first kappa shape index (κ1) is 16.4. The summed E-state index contributed by atoms with van der Waals surface area (Å²) in [5.74, 6) is 0.0285. The minimum atomic E-state index is -3.01. The molecule has 2 heterocycles. The Balaban J connectivity index is 1.75. The minimum Gasteiger partial charge on any atom is -0.353 e. The third-order valence-corrected chi connectivity index (χ3v) is 6.29. The summed E-state index contributed by atoms with van der Waals surface area (Å²) in [4.78, 5) is 19.0. The van der Waals surface area contributed by atoms with Gasteiger partial charge in [0.15, 0.2) is 9.84 Å². The lowest BCUT2D eigenvalue weighted by Crippen LogP contribution is -2.44. The zero-order chi connectivity index (χ0) is 16.6. The van der Waals surface area contributed by atoms with E-state index in [9.17, 15) is 13.2 Å². The number of hydrogen-bond acceptors (Lipinski definition) is 5. The van der Waals surface area contributed by atoms with Gasteiger partial charge in [0.05, 0.1) is 29.4 Å². The van der Waals surface area contributed by atoms with Crippen LogP contribution in [0, 0.1) is 0 Å². The number of carbonyl (C=O) groups is 1. The van der Waals surface area contributed by atoms with Gasteiger partial charge in [0.1, 0.15) is 0 Å². The van der Waals surface area contributed by atoms with Crippen LogP contribution in [0.4, 0.5) is 0 Å². The van der Waals surface area contributed by atoms with Crippen molar-refractivity contribution in [3.05, 3.63) is 17.7 Å². The number of aryl methyl sites for hydroxylation is 1. The largest absolute Gasteiger partial charge is 0.353 e. The predicted octanol–water partition coefficient (Wildman–Crippen LogP) is 0.0326. The van der Waals surface area contributed by atoms with Crippen molar-refractivity contribution in [2.45, 2.75) is 38.3 Å². The molecule has 0 aromatic carbocycles. The Bertz CT molecular complexity index is 694. The topological polar surface area (TPSA) is 84.3 Å². The van der Waals surface area contributed by atoms with Crippen molar-refractivity contribution < 1.29 is 13.2 Å². The maximum Gasteiger partial charge on any atom is 0.230 e. The Morgan fingerprint density at radius 3 is 2.83 bits per heavy atom. The lowest BCUT2D eigenvalue weighted by molar-refractivity contribution is -0.123. The molecule has 1 atom stereocenters. The number of carbonyl (C=O) groups excluding carboxylic acids is 1. The average molecular weight is 340 g/mol.